The molecule has 0 radical (unpaired) electrons. The first-order chi connectivity index (χ1) is 15.0. The topological polar surface area (TPSA) is 129 Å². The third-order valence-electron chi connectivity index (χ3n) is 4.47. The molecule has 0 aliphatic carbocycles. The van der Waals surface area contributed by atoms with Crippen LogP contribution in [0.1, 0.15) is 60.5 Å². The molecule has 174 valence electrons. The lowest BCUT2D eigenvalue weighted by Gasteiger charge is -2.19. The van der Waals surface area contributed by atoms with Crippen molar-refractivity contribution in [3.63, 3.8) is 0 Å². The number of aliphatic hydroxyl groups excluding tert-OH is 1. The Hall–Kier alpha value is -2.92. The molecule has 0 fully saturated rings. The number of rotatable bonds is 10. The Labute approximate surface area is 187 Å². The van der Waals surface area contributed by atoms with Gasteiger partial charge in [0.2, 0.25) is 11.8 Å². The average Bonchev–Trinajstić information content (AvgIpc) is 3.11. The number of carbonyl (C=O) groups excluding carboxylic acids is 2. The highest BCUT2D eigenvalue weighted by molar-refractivity contribution is 7.16. The van der Waals surface area contributed by atoms with Crippen molar-refractivity contribution in [2.24, 2.45) is 0 Å². The number of aromatic carboxylic acids is 1. The lowest BCUT2D eigenvalue weighted by Crippen LogP contribution is -2.48. The molecule has 32 heavy (non-hydrogen) atoms. The molecule has 1 aromatic heterocycles. The molecule has 2 amide bonds. The minimum Gasteiger partial charge on any atom is -0.476 e. The maximum Gasteiger partial charge on any atom is 0.355 e. The fourth-order valence-corrected chi connectivity index (χ4v) is 3.95. The van der Waals surface area contributed by atoms with Crippen LogP contribution in [-0.2, 0) is 16.0 Å². The van der Waals surface area contributed by atoms with Crippen molar-refractivity contribution >= 4 is 34.3 Å². The van der Waals surface area contributed by atoms with Gasteiger partial charge in [0, 0.05) is 17.4 Å². The number of nitrogens with one attached hydrogen (secondary N) is 2. The summed E-state index contributed by atoms with van der Waals surface area (Å²) >= 11 is 1.03. The van der Waals surface area contributed by atoms with Crippen LogP contribution >= 0.6 is 11.3 Å². The van der Waals surface area contributed by atoms with Gasteiger partial charge >= 0.3 is 5.97 Å². The van der Waals surface area contributed by atoms with E-state index in [1.54, 1.807) is 20.8 Å². The number of amides is 2. The smallest absolute Gasteiger partial charge is 0.355 e. The Kier molecular flexibility index (Phi) is 8.79. The second-order valence-corrected chi connectivity index (χ2v) is 8.56. The van der Waals surface area contributed by atoms with Crippen LogP contribution in [0.5, 0.6) is 0 Å². The summed E-state index contributed by atoms with van der Waals surface area (Å²) in [6.45, 7) is 5.40. The fraction of sp³-hybridized carbons (Fsp3) is 0.429. The molecule has 0 bridgehead atoms. The third kappa shape index (κ3) is 6.79. The molecule has 0 saturated carbocycles. The van der Waals surface area contributed by atoms with E-state index in [9.17, 15) is 33.4 Å². The van der Waals surface area contributed by atoms with Gasteiger partial charge in [0.25, 0.3) is 0 Å². The van der Waals surface area contributed by atoms with Crippen LogP contribution in [0.4, 0.5) is 13.9 Å². The van der Waals surface area contributed by atoms with Gasteiger partial charge in [-0.25, -0.2) is 18.6 Å². The molecule has 11 heteroatoms. The number of hydrogen-bond acceptors (Lipinski definition) is 6. The normalized spacial score (nSPS) is 13.0. The Morgan fingerprint density at radius 1 is 1.12 bits per heavy atom. The zero-order valence-corrected chi connectivity index (χ0v) is 18.6. The first-order valence-corrected chi connectivity index (χ1v) is 10.8. The number of carboxylic acids is 1. The summed E-state index contributed by atoms with van der Waals surface area (Å²) in [7, 11) is 0. The minimum atomic E-state index is -1.63. The summed E-state index contributed by atoms with van der Waals surface area (Å²) in [5.74, 6) is -4.48. The standard InChI is InChI=1S/C21H25F2N3O5S/c1-4-5-14(18(28)26-21-25-16(20(30)31)17(32-21)10(2)3)24-19(29)15(27)8-11-6-12(22)9-13(23)7-11/h6-7,9-10,14-15,27H,4-5,8H2,1-3H3,(H,24,29)(H,30,31)(H,25,26,28)/t14-,15-/m0/s1. The Bertz CT molecular complexity index is 976. The van der Waals surface area contributed by atoms with Gasteiger partial charge in [-0.05, 0) is 30.0 Å². The van der Waals surface area contributed by atoms with Gasteiger partial charge in [-0.1, -0.05) is 27.2 Å². The number of carbonyl (C=O) groups is 3. The molecule has 1 heterocycles. The van der Waals surface area contributed by atoms with Crippen molar-refractivity contribution in [2.45, 2.75) is 58.1 Å². The minimum absolute atomic E-state index is 0.0854. The molecule has 0 unspecified atom stereocenters. The molecule has 0 saturated heterocycles. The largest absolute Gasteiger partial charge is 0.476 e. The van der Waals surface area contributed by atoms with Crippen LogP contribution < -0.4 is 10.6 Å². The summed E-state index contributed by atoms with van der Waals surface area (Å²) in [6, 6.07) is 1.66. The molecule has 0 aliphatic heterocycles. The van der Waals surface area contributed by atoms with Gasteiger partial charge in [0.1, 0.15) is 23.8 Å². The van der Waals surface area contributed by atoms with E-state index in [0.717, 1.165) is 23.5 Å². The van der Waals surface area contributed by atoms with Crippen molar-refractivity contribution in [1.29, 1.82) is 0 Å². The lowest BCUT2D eigenvalue weighted by molar-refractivity contribution is -0.132. The van der Waals surface area contributed by atoms with Crippen molar-refractivity contribution in [1.82, 2.24) is 10.3 Å². The van der Waals surface area contributed by atoms with Crippen molar-refractivity contribution < 1.29 is 33.4 Å². The summed E-state index contributed by atoms with van der Waals surface area (Å²) < 4.78 is 26.6. The van der Waals surface area contributed by atoms with Crippen molar-refractivity contribution in [3.8, 4) is 0 Å². The van der Waals surface area contributed by atoms with Gasteiger partial charge in [0.05, 0.1) is 0 Å². The van der Waals surface area contributed by atoms with Gasteiger partial charge in [-0.2, -0.15) is 0 Å². The quantitative estimate of drug-likeness (QED) is 0.423. The third-order valence-corrected chi connectivity index (χ3v) is 5.75. The van der Waals surface area contributed by atoms with Crippen LogP contribution in [0.15, 0.2) is 18.2 Å². The highest BCUT2D eigenvalue weighted by Gasteiger charge is 2.26. The summed E-state index contributed by atoms with van der Waals surface area (Å²) in [5.41, 5.74) is -0.0547. The molecule has 0 aliphatic rings. The maximum atomic E-state index is 13.3. The van der Waals surface area contributed by atoms with E-state index in [0.29, 0.717) is 17.4 Å². The number of carboxylic acid groups (broad SMARTS) is 1. The molecule has 8 nitrogen and oxygen atoms in total. The SMILES string of the molecule is CCC[C@H](NC(=O)[C@@H](O)Cc1cc(F)cc(F)c1)C(=O)Nc1nc(C(=O)O)c(C(C)C)s1. The predicted octanol–water partition coefficient (Wildman–Crippen LogP) is 3.07. The first-order valence-electron chi connectivity index (χ1n) is 10.00. The van der Waals surface area contributed by atoms with E-state index in [1.807, 2.05) is 0 Å². The second-order valence-electron chi connectivity index (χ2n) is 7.53. The van der Waals surface area contributed by atoms with Crippen LogP contribution in [0.25, 0.3) is 0 Å². The molecule has 1 aromatic carbocycles. The zero-order chi connectivity index (χ0) is 24.0. The Morgan fingerprint density at radius 3 is 2.25 bits per heavy atom. The lowest BCUT2D eigenvalue weighted by atomic mass is 10.1. The molecule has 4 N–H and O–H groups in total. The van der Waals surface area contributed by atoms with Crippen LogP contribution in [0.3, 0.4) is 0 Å². The number of aliphatic hydroxyl groups is 1. The van der Waals surface area contributed by atoms with Crippen molar-refractivity contribution in [2.75, 3.05) is 5.32 Å². The summed E-state index contributed by atoms with van der Waals surface area (Å²) in [4.78, 5) is 40.9. The van der Waals surface area contributed by atoms with Crippen LogP contribution in [-0.4, -0.2) is 45.1 Å². The Balaban J connectivity index is 2.08. The number of anilines is 1. The molecular formula is C21H25F2N3O5S. The van der Waals surface area contributed by atoms with Crippen LogP contribution in [0.2, 0.25) is 0 Å². The Morgan fingerprint density at radius 2 is 1.75 bits per heavy atom. The van der Waals surface area contributed by atoms with Gasteiger partial charge in [-0.15, -0.1) is 11.3 Å². The number of thiazole rings is 1. The van der Waals surface area contributed by atoms with E-state index in [1.165, 1.54) is 0 Å². The first kappa shape index (κ1) is 25.3. The molecule has 2 atom stereocenters. The van der Waals surface area contributed by atoms with E-state index < -0.39 is 41.6 Å². The number of halogens is 2. The number of nitrogens with zero attached hydrogens (tertiary/aromatic N) is 1. The average molecular weight is 470 g/mol. The zero-order valence-electron chi connectivity index (χ0n) is 17.8. The van der Waals surface area contributed by atoms with E-state index >= 15 is 0 Å². The monoisotopic (exact) mass is 469 g/mol. The second kappa shape index (κ2) is 11.1. The molecule has 2 rings (SSSR count). The summed E-state index contributed by atoms with van der Waals surface area (Å²) in [5, 5.41) is 24.5. The number of hydrogen-bond donors (Lipinski definition) is 4. The number of aromatic nitrogens is 1. The number of benzene rings is 1. The van der Waals surface area contributed by atoms with E-state index in [2.05, 4.69) is 15.6 Å². The van der Waals surface area contributed by atoms with Crippen LogP contribution in [0, 0.1) is 11.6 Å². The fourth-order valence-electron chi connectivity index (χ4n) is 2.99. The maximum absolute atomic E-state index is 13.3. The highest BCUT2D eigenvalue weighted by atomic mass is 32.1. The highest BCUT2D eigenvalue weighted by Crippen LogP contribution is 2.30. The van der Waals surface area contributed by atoms with Crippen molar-refractivity contribution in [3.05, 3.63) is 46.0 Å². The predicted molar refractivity (Wildman–Crippen MR) is 115 cm³/mol. The molecular weight excluding hydrogens is 444 g/mol. The molecule has 2 aromatic rings. The van der Waals surface area contributed by atoms with Gasteiger partial charge in [-0.3, -0.25) is 9.59 Å². The van der Waals surface area contributed by atoms with Gasteiger partial charge < -0.3 is 20.8 Å². The van der Waals surface area contributed by atoms with Gasteiger partial charge in [0.15, 0.2) is 10.8 Å². The summed E-state index contributed by atoms with van der Waals surface area (Å²) in [6.07, 6.45) is -1.20. The van der Waals surface area contributed by atoms with E-state index in [-0.39, 0.29) is 35.1 Å². The molecule has 0 spiro atoms. The van der Waals surface area contributed by atoms with E-state index in [4.69, 9.17) is 0 Å².